The van der Waals surface area contributed by atoms with E-state index >= 15 is 0 Å². The highest BCUT2D eigenvalue weighted by atomic mass is 19.1. The molecule has 0 saturated carbocycles. The van der Waals surface area contributed by atoms with Crippen LogP contribution in [0.3, 0.4) is 0 Å². The number of aliphatic hydroxyl groups excluding tert-OH is 1. The van der Waals surface area contributed by atoms with E-state index < -0.39 is 11.9 Å². The Balaban J connectivity index is 2.68. The summed E-state index contributed by atoms with van der Waals surface area (Å²) in [6, 6.07) is 3.68. The van der Waals surface area contributed by atoms with Crippen LogP contribution in [-0.4, -0.2) is 28.6 Å². The number of carbonyl (C=O) groups excluding carboxylic acids is 1. The van der Waals surface area contributed by atoms with Gasteiger partial charge in [0.25, 0.3) is 5.91 Å². The Hall–Kier alpha value is -1.49. The van der Waals surface area contributed by atoms with Gasteiger partial charge in [0.1, 0.15) is 5.69 Å². The molecule has 1 atom stereocenters. The van der Waals surface area contributed by atoms with Gasteiger partial charge in [-0.05, 0) is 18.6 Å². The number of aromatic nitrogens is 1. The zero-order valence-corrected chi connectivity index (χ0v) is 8.40. The number of carbonyl (C=O) groups is 1. The van der Waals surface area contributed by atoms with Crippen molar-refractivity contribution in [3.8, 4) is 0 Å². The van der Waals surface area contributed by atoms with Crippen molar-refractivity contribution in [1.82, 2.24) is 10.3 Å². The molecule has 0 fully saturated rings. The largest absolute Gasteiger partial charge is 0.394 e. The number of aliphatic hydroxyl groups is 1. The fourth-order valence-electron chi connectivity index (χ4n) is 1.07. The summed E-state index contributed by atoms with van der Waals surface area (Å²) in [5.41, 5.74) is 0.0156. The number of amides is 1. The smallest absolute Gasteiger partial charge is 0.270 e. The second-order valence-corrected chi connectivity index (χ2v) is 3.11. The average Bonchev–Trinajstić information content (AvgIpc) is 2.25. The first kappa shape index (κ1) is 11.6. The summed E-state index contributed by atoms with van der Waals surface area (Å²) < 4.78 is 12.7. The highest BCUT2D eigenvalue weighted by molar-refractivity contribution is 5.92. The van der Waals surface area contributed by atoms with Crippen molar-refractivity contribution >= 4 is 5.91 Å². The third-order valence-electron chi connectivity index (χ3n) is 2.00. The number of hydrogen-bond acceptors (Lipinski definition) is 3. The van der Waals surface area contributed by atoms with Crippen molar-refractivity contribution in [2.24, 2.45) is 0 Å². The number of pyridine rings is 1. The van der Waals surface area contributed by atoms with Gasteiger partial charge in [-0.15, -0.1) is 0 Å². The first-order chi connectivity index (χ1) is 7.17. The standard InChI is InChI=1S/C10H13FN2O2/c1-2-7(6-14)12-10(15)8-4-3-5-9(11)13-8/h3-5,7,14H,2,6H2,1H3,(H,12,15). The Labute approximate surface area is 87.1 Å². The van der Waals surface area contributed by atoms with Gasteiger partial charge in [-0.2, -0.15) is 4.39 Å². The van der Waals surface area contributed by atoms with E-state index in [0.29, 0.717) is 6.42 Å². The molecule has 0 radical (unpaired) electrons. The predicted octanol–water partition coefficient (Wildman–Crippen LogP) is 0.721. The van der Waals surface area contributed by atoms with Crippen LogP contribution < -0.4 is 5.32 Å². The fourth-order valence-corrected chi connectivity index (χ4v) is 1.07. The topological polar surface area (TPSA) is 62.2 Å². The van der Waals surface area contributed by atoms with Gasteiger partial charge in [0.2, 0.25) is 5.95 Å². The minimum atomic E-state index is -0.695. The molecule has 1 rings (SSSR count). The highest BCUT2D eigenvalue weighted by Crippen LogP contribution is 1.99. The molecular formula is C10H13FN2O2. The molecule has 15 heavy (non-hydrogen) atoms. The van der Waals surface area contributed by atoms with Crippen LogP contribution in [-0.2, 0) is 0 Å². The quantitative estimate of drug-likeness (QED) is 0.723. The third-order valence-corrected chi connectivity index (χ3v) is 2.00. The Morgan fingerprint density at radius 1 is 1.67 bits per heavy atom. The van der Waals surface area contributed by atoms with Crippen molar-refractivity contribution in [2.75, 3.05) is 6.61 Å². The van der Waals surface area contributed by atoms with Gasteiger partial charge in [0, 0.05) is 0 Å². The molecule has 0 aliphatic heterocycles. The summed E-state index contributed by atoms with van der Waals surface area (Å²) in [4.78, 5) is 14.9. The number of hydrogen-bond donors (Lipinski definition) is 2. The van der Waals surface area contributed by atoms with Crippen LogP contribution in [0.15, 0.2) is 18.2 Å². The van der Waals surface area contributed by atoms with Crippen molar-refractivity contribution in [2.45, 2.75) is 19.4 Å². The zero-order valence-electron chi connectivity index (χ0n) is 8.40. The Morgan fingerprint density at radius 2 is 2.40 bits per heavy atom. The van der Waals surface area contributed by atoms with Crippen molar-refractivity contribution < 1.29 is 14.3 Å². The van der Waals surface area contributed by atoms with Gasteiger partial charge in [0.05, 0.1) is 12.6 Å². The van der Waals surface area contributed by atoms with E-state index in [1.54, 1.807) is 0 Å². The van der Waals surface area contributed by atoms with Gasteiger partial charge < -0.3 is 10.4 Å². The molecule has 0 aliphatic rings. The van der Waals surface area contributed by atoms with E-state index in [1.165, 1.54) is 18.2 Å². The summed E-state index contributed by atoms with van der Waals surface area (Å²) in [6.07, 6.45) is 0.609. The monoisotopic (exact) mass is 212 g/mol. The molecule has 1 heterocycles. The van der Waals surface area contributed by atoms with Crippen LogP contribution in [0, 0.1) is 5.95 Å². The SMILES string of the molecule is CCC(CO)NC(=O)c1cccc(F)n1. The molecule has 0 bridgehead atoms. The van der Waals surface area contributed by atoms with Gasteiger partial charge in [-0.3, -0.25) is 4.79 Å². The molecule has 0 saturated heterocycles. The molecule has 82 valence electrons. The normalized spacial score (nSPS) is 12.2. The molecule has 2 N–H and O–H groups in total. The molecule has 1 aromatic heterocycles. The summed E-state index contributed by atoms with van der Waals surface area (Å²) in [5.74, 6) is -1.17. The van der Waals surface area contributed by atoms with Gasteiger partial charge in [0.15, 0.2) is 0 Å². The van der Waals surface area contributed by atoms with Crippen LogP contribution in [0.1, 0.15) is 23.8 Å². The maximum Gasteiger partial charge on any atom is 0.270 e. The van der Waals surface area contributed by atoms with Crippen molar-refractivity contribution in [3.05, 3.63) is 29.8 Å². The first-order valence-electron chi connectivity index (χ1n) is 4.71. The van der Waals surface area contributed by atoms with Crippen LogP contribution >= 0.6 is 0 Å². The lowest BCUT2D eigenvalue weighted by Gasteiger charge is -2.13. The average molecular weight is 212 g/mol. The molecule has 0 spiro atoms. The van der Waals surface area contributed by atoms with E-state index in [2.05, 4.69) is 10.3 Å². The zero-order chi connectivity index (χ0) is 11.3. The number of nitrogens with one attached hydrogen (secondary N) is 1. The van der Waals surface area contributed by atoms with Gasteiger partial charge >= 0.3 is 0 Å². The van der Waals surface area contributed by atoms with E-state index in [9.17, 15) is 9.18 Å². The second kappa shape index (κ2) is 5.41. The maximum absolute atomic E-state index is 12.7. The van der Waals surface area contributed by atoms with Gasteiger partial charge in [-0.1, -0.05) is 13.0 Å². The van der Waals surface area contributed by atoms with E-state index in [1.807, 2.05) is 6.92 Å². The number of halogens is 1. The summed E-state index contributed by atoms with van der Waals surface area (Å²) in [7, 11) is 0. The van der Waals surface area contributed by atoms with Crippen LogP contribution in [0.5, 0.6) is 0 Å². The predicted molar refractivity (Wildman–Crippen MR) is 52.8 cm³/mol. The summed E-state index contributed by atoms with van der Waals surface area (Å²) in [6.45, 7) is 1.69. The van der Waals surface area contributed by atoms with Crippen molar-refractivity contribution in [3.63, 3.8) is 0 Å². The van der Waals surface area contributed by atoms with Crippen LogP contribution in [0.25, 0.3) is 0 Å². The van der Waals surface area contributed by atoms with Crippen LogP contribution in [0.2, 0.25) is 0 Å². The van der Waals surface area contributed by atoms with Crippen molar-refractivity contribution in [1.29, 1.82) is 0 Å². The second-order valence-electron chi connectivity index (χ2n) is 3.11. The lowest BCUT2D eigenvalue weighted by Crippen LogP contribution is -2.37. The molecule has 0 aromatic carbocycles. The lowest BCUT2D eigenvalue weighted by molar-refractivity contribution is 0.0908. The molecule has 5 heteroatoms. The summed E-state index contributed by atoms with van der Waals surface area (Å²) >= 11 is 0. The number of rotatable bonds is 4. The fraction of sp³-hybridized carbons (Fsp3) is 0.400. The molecule has 1 aromatic rings. The molecule has 1 amide bonds. The highest BCUT2D eigenvalue weighted by Gasteiger charge is 2.12. The minimum absolute atomic E-state index is 0.0156. The van der Waals surface area contributed by atoms with E-state index in [4.69, 9.17) is 5.11 Å². The Morgan fingerprint density at radius 3 is 2.93 bits per heavy atom. The molecule has 1 unspecified atom stereocenters. The lowest BCUT2D eigenvalue weighted by atomic mass is 10.2. The molecule has 4 nitrogen and oxygen atoms in total. The molecular weight excluding hydrogens is 199 g/mol. The summed E-state index contributed by atoms with van der Waals surface area (Å²) in [5, 5.41) is 11.4. The van der Waals surface area contributed by atoms with Crippen LogP contribution in [0.4, 0.5) is 4.39 Å². The van der Waals surface area contributed by atoms with Gasteiger partial charge in [-0.25, -0.2) is 4.98 Å². The first-order valence-corrected chi connectivity index (χ1v) is 4.71. The minimum Gasteiger partial charge on any atom is -0.394 e. The van der Waals surface area contributed by atoms with E-state index in [0.717, 1.165) is 0 Å². The number of nitrogens with zero attached hydrogens (tertiary/aromatic N) is 1. The molecule has 0 aliphatic carbocycles. The van der Waals surface area contributed by atoms with E-state index in [-0.39, 0.29) is 18.3 Å². The Kier molecular flexibility index (Phi) is 4.17. The third kappa shape index (κ3) is 3.28. The maximum atomic E-state index is 12.7. The Bertz CT molecular complexity index is 340.